The first-order valence-corrected chi connectivity index (χ1v) is 9.97. The van der Waals surface area contributed by atoms with Gasteiger partial charge in [0, 0.05) is 36.7 Å². The summed E-state index contributed by atoms with van der Waals surface area (Å²) in [4.78, 5) is 24.0. The van der Waals surface area contributed by atoms with E-state index in [4.69, 9.17) is 13.9 Å². The van der Waals surface area contributed by atoms with Crippen molar-refractivity contribution in [1.29, 1.82) is 0 Å². The fourth-order valence-corrected chi connectivity index (χ4v) is 3.66. The van der Waals surface area contributed by atoms with E-state index in [2.05, 4.69) is 30.9 Å². The molecule has 0 saturated carbocycles. The molecule has 0 atom stereocenters. The van der Waals surface area contributed by atoms with Crippen LogP contribution in [0.15, 0.2) is 39.6 Å². The maximum absolute atomic E-state index is 12.6. The van der Waals surface area contributed by atoms with Crippen LogP contribution in [0.2, 0.25) is 0 Å². The van der Waals surface area contributed by atoms with Gasteiger partial charge in [-0.2, -0.15) is 0 Å². The molecule has 0 aliphatic carbocycles. The average molecular weight is 394 g/mol. The fraction of sp³-hybridized carbons (Fsp3) is 0.455. The molecule has 1 saturated heterocycles. The first-order valence-electron chi connectivity index (χ1n) is 9.97. The predicted molar refractivity (Wildman–Crippen MR) is 108 cm³/mol. The van der Waals surface area contributed by atoms with Crippen molar-refractivity contribution in [2.24, 2.45) is 0 Å². The molecular formula is C22H26N4O3. The molecule has 29 heavy (non-hydrogen) atoms. The highest BCUT2D eigenvalue weighted by Crippen LogP contribution is 2.35. The Morgan fingerprint density at radius 2 is 2.00 bits per heavy atom. The maximum atomic E-state index is 12.6. The molecule has 4 heterocycles. The average Bonchev–Trinajstić information content (AvgIpc) is 3.38. The van der Waals surface area contributed by atoms with E-state index < -0.39 is 0 Å². The van der Waals surface area contributed by atoms with Gasteiger partial charge in [0.05, 0.1) is 23.2 Å². The molecule has 152 valence electrons. The summed E-state index contributed by atoms with van der Waals surface area (Å²) in [5, 5.41) is 4.02. The van der Waals surface area contributed by atoms with Crippen LogP contribution in [-0.4, -0.2) is 39.0 Å². The van der Waals surface area contributed by atoms with E-state index >= 15 is 0 Å². The summed E-state index contributed by atoms with van der Waals surface area (Å²) in [5.41, 5.74) is 2.53. The zero-order valence-electron chi connectivity index (χ0n) is 17.3. The van der Waals surface area contributed by atoms with E-state index in [1.807, 2.05) is 24.1 Å². The van der Waals surface area contributed by atoms with E-state index in [0.717, 1.165) is 35.6 Å². The number of carbonyl (C=O) groups is 1. The first-order chi connectivity index (χ1) is 13.8. The summed E-state index contributed by atoms with van der Waals surface area (Å²) in [5.74, 6) is 2.05. The number of nitrogens with zero attached hydrogens (tertiary/aromatic N) is 4. The molecule has 7 heteroatoms. The summed E-state index contributed by atoms with van der Waals surface area (Å²) in [6.45, 7) is 9.54. The van der Waals surface area contributed by atoms with Gasteiger partial charge in [-0.25, -0.2) is 9.97 Å². The van der Waals surface area contributed by atoms with Gasteiger partial charge in [0.25, 0.3) is 5.91 Å². The van der Waals surface area contributed by atoms with Gasteiger partial charge < -0.3 is 13.8 Å². The van der Waals surface area contributed by atoms with Crippen LogP contribution in [-0.2, 0) is 5.41 Å². The Morgan fingerprint density at radius 1 is 1.24 bits per heavy atom. The van der Waals surface area contributed by atoms with E-state index in [9.17, 15) is 4.79 Å². The quantitative estimate of drug-likeness (QED) is 0.656. The highest BCUT2D eigenvalue weighted by molar-refractivity contribution is 5.91. The standard InChI is InChI=1S/C22H26N4O3/c1-14-12-18(29-25-14)16-13-23-21(22(2,3)4)24-19(16)15-7-9-26(10-8-15)20(27)17-6-5-11-28-17/h5-6,11-13,15H,7-10H2,1-4H3. The lowest BCUT2D eigenvalue weighted by molar-refractivity contribution is 0.0680. The summed E-state index contributed by atoms with van der Waals surface area (Å²) in [6.07, 6.45) is 5.03. The van der Waals surface area contributed by atoms with Crippen LogP contribution in [0.4, 0.5) is 0 Å². The third-order valence-electron chi connectivity index (χ3n) is 5.28. The van der Waals surface area contributed by atoms with Crippen molar-refractivity contribution in [1.82, 2.24) is 20.0 Å². The Bertz CT molecular complexity index is 993. The summed E-state index contributed by atoms with van der Waals surface area (Å²) >= 11 is 0. The van der Waals surface area contributed by atoms with Crippen molar-refractivity contribution in [2.45, 2.75) is 51.9 Å². The molecule has 1 amide bonds. The van der Waals surface area contributed by atoms with E-state index in [1.54, 1.807) is 12.1 Å². The molecule has 7 nitrogen and oxygen atoms in total. The van der Waals surface area contributed by atoms with Crippen molar-refractivity contribution in [3.63, 3.8) is 0 Å². The van der Waals surface area contributed by atoms with Crippen molar-refractivity contribution < 1.29 is 13.7 Å². The van der Waals surface area contributed by atoms with Gasteiger partial charge in [0.1, 0.15) is 5.82 Å². The second-order valence-electron chi connectivity index (χ2n) is 8.62. The Kier molecular flexibility index (Phi) is 4.98. The van der Waals surface area contributed by atoms with E-state index in [-0.39, 0.29) is 17.2 Å². The molecule has 0 N–H and O–H groups in total. The summed E-state index contributed by atoms with van der Waals surface area (Å²) in [7, 11) is 0. The minimum absolute atomic E-state index is 0.0578. The second kappa shape index (κ2) is 7.46. The predicted octanol–water partition coefficient (Wildman–Crippen LogP) is 4.35. The second-order valence-corrected chi connectivity index (χ2v) is 8.62. The Balaban J connectivity index is 1.61. The highest BCUT2D eigenvalue weighted by atomic mass is 16.5. The third-order valence-corrected chi connectivity index (χ3v) is 5.28. The van der Waals surface area contributed by atoms with Crippen LogP contribution in [0.5, 0.6) is 0 Å². The monoisotopic (exact) mass is 394 g/mol. The Morgan fingerprint density at radius 3 is 2.59 bits per heavy atom. The lowest BCUT2D eigenvalue weighted by atomic mass is 9.88. The molecule has 0 radical (unpaired) electrons. The van der Waals surface area contributed by atoms with Crippen LogP contribution >= 0.6 is 0 Å². The van der Waals surface area contributed by atoms with Crippen molar-refractivity contribution in [3.8, 4) is 11.3 Å². The Hall–Kier alpha value is -2.96. The number of furan rings is 1. The number of aromatic nitrogens is 3. The molecule has 4 rings (SSSR count). The normalized spacial score (nSPS) is 15.7. The number of hydrogen-bond donors (Lipinski definition) is 0. The van der Waals surface area contributed by atoms with E-state index in [0.29, 0.717) is 24.6 Å². The van der Waals surface area contributed by atoms with Gasteiger partial charge in [0.15, 0.2) is 11.5 Å². The number of likely N-dealkylation sites (tertiary alicyclic amines) is 1. The van der Waals surface area contributed by atoms with Gasteiger partial charge in [-0.3, -0.25) is 4.79 Å². The summed E-state index contributed by atoms with van der Waals surface area (Å²) in [6, 6.07) is 5.36. The van der Waals surface area contributed by atoms with E-state index in [1.165, 1.54) is 6.26 Å². The van der Waals surface area contributed by atoms with Gasteiger partial charge in [-0.05, 0) is 31.9 Å². The lowest BCUT2D eigenvalue weighted by Crippen LogP contribution is -2.38. The van der Waals surface area contributed by atoms with Gasteiger partial charge in [-0.1, -0.05) is 25.9 Å². The number of hydrogen-bond acceptors (Lipinski definition) is 6. The fourth-order valence-electron chi connectivity index (χ4n) is 3.66. The highest BCUT2D eigenvalue weighted by Gasteiger charge is 2.30. The van der Waals surface area contributed by atoms with Crippen LogP contribution in [0, 0.1) is 6.92 Å². The SMILES string of the molecule is Cc1cc(-c2cnc(C(C)(C)C)nc2C2CCN(C(=O)c3ccco3)CC2)on1. The first kappa shape index (κ1) is 19.4. The van der Waals surface area contributed by atoms with Crippen molar-refractivity contribution in [3.05, 3.63) is 53.6 Å². The minimum Gasteiger partial charge on any atom is -0.459 e. The molecular weight excluding hydrogens is 368 g/mol. The van der Waals surface area contributed by atoms with Crippen molar-refractivity contribution >= 4 is 5.91 Å². The molecule has 3 aromatic rings. The number of amides is 1. The Labute approximate surface area is 170 Å². The smallest absolute Gasteiger partial charge is 0.289 e. The van der Waals surface area contributed by atoms with Crippen LogP contribution < -0.4 is 0 Å². The molecule has 0 spiro atoms. The van der Waals surface area contributed by atoms with Gasteiger partial charge >= 0.3 is 0 Å². The largest absolute Gasteiger partial charge is 0.459 e. The van der Waals surface area contributed by atoms with Crippen LogP contribution in [0.3, 0.4) is 0 Å². The summed E-state index contributed by atoms with van der Waals surface area (Å²) < 4.78 is 10.8. The topological polar surface area (TPSA) is 85.3 Å². The number of aryl methyl sites for hydroxylation is 1. The number of rotatable bonds is 3. The number of carbonyl (C=O) groups excluding carboxylic acids is 1. The number of piperidine rings is 1. The third kappa shape index (κ3) is 3.95. The van der Waals surface area contributed by atoms with Crippen molar-refractivity contribution in [2.75, 3.05) is 13.1 Å². The maximum Gasteiger partial charge on any atom is 0.289 e. The molecule has 0 aromatic carbocycles. The lowest BCUT2D eigenvalue weighted by Gasteiger charge is -2.32. The molecule has 1 aliphatic heterocycles. The zero-order chi connectivity index (χ0) is 20.6. The molecule has 0 bridgehead atoms. The van der Waals surface area contributed by atoms with Gasteiger partial charge in [-0.15, -0.1) is 0 Å². The van der Waals surface area contributed by atoms with Gasteiger partial charge in [0.2, 0.25) is 0 Å². The molecule has 1 aliphatic rings. The molecule has 3 aromatic heterocycles. The molecule has 1 fully saturated rings. The minimum atomic E-state index is -0.152. The zero-order valence-corrected chi connectivity index (χ0v) is 17.3. The molecule has 0 unspecified atom stereocenters. The van der Waals surface area contributed by atoms with Crippen LogP contribution in [0.25, 0.3) is 11.3 Å². The van der Waals surface area contributed by atoms with Crippen LogP contribution in [0.1, 0.15) is 67.3 Å².